The number of rotatable bonds is 9. The number of ether oxygens (including phenoxy) is 1. The van der Waals surface area contributed by atoms with E-state index in [0.717, 1.165) is 21.8 Å². The van der Waals surface area contributed by atoms with E-state index in [4.69, 9.17) is 16.3 Å². The molecule has 0 saturated heterocycles. The third-order valence-electron chi connectivity index (χ3n) is 4.51. The van der Waals surface area contributed by atoms with Crippen molar-refractivity contribution in [3.63, 3.8) is 0 Å². The van der Waals surface area contributed by atoms with Crippen molar-refractivity contribution in [2.24, 2.45) is 0 Å². The minimum atomic E-state index is -0.362. The topological polar surface area (TPSA) is 67.0 Å². The van der Waals surface area contributed by atoms with Gasteiger partial charge in [-0.25, -0.2) is 0 Å². The molecule has 0 spiro atoms. The zero-order valence-corrected chi connectivity index (χ0v) is 18.7. The summed E-state index contributed by atoms with van der Waals surface area (Å²) >= 11 is 7.50. The molecule has 2 rings (SSSR count). The molecule has 0 fully saturated rings. The number of hydrogen-bond donors (Lipinski definition) is 1. The van der Waals surface area contributed by atoms with Crippen LogP contribution in [0.4, 0.5) is 0 Å². The first-order valence-corrected chi connectivity index (χ1v) is 10.7. The van der Waals surface area contributed by atoms with Crippen LogP contribution in [-0.2, 0) is 9.53 Å². The molecule has 5 nitrogen and oxygen atoms in total. The van der Waals surface area contributed by atoms with Gasteiger partial charge in [0.05, 0.1) is 12.6 Å². The van der Waals surface area contributed by atoms with Crippen LogP contribution < -0.4 is 5.32 Å². The summed E-state index contributed by atoms with van der Waals surface area (Å²) < 4.78 is 7.41. The average molecular weight is 432 g/mol. The van der Waals surface area contributed by atoms with Gasteiger partial charge in [0.15, 0.2) is 0 Å². The predicted molar refractivity (Wildman–Crippen MR) is 119 cm³/mol. The maximum absolute atomic E-state index is 12.4. The van der Waals surface area contributed by atoms with Crippen molar-refractivity contribution < 1.29 is 9.53 Å². The zero-order chi connectivity index (χ0) is 21.4. The molecule has 0 aliphatic heterocycles. The molecule has 1 aromatic heterocycles. The van der Waals surface area contributed by atoms with Gasteiger partial charge in [-0.1, -0.05) is 11.6 Å². The lowest BCUT2D eigenvalue weighted by Gasteiger charge is -2.17. The van der Waals surface area contributed by atoms with Crippen molar-refractivity contribution in [3.05, 3.63) is 57.9 Å². The van der Waals surface area contributed by atoms with Gasteiger partial charge in [-0.15, -0.1) is 11.8 Å². The molecule has 1 aromatic carbocycles. The standard InChI is InChI=1S/C22H26ClN3O2S/c1-15-11-18(17(3)26(15)16(2)14-28-4)12-19(13-24)22(27)25-9-10-29-21-7-5-20(23)6-8-21/h5-8,11-12,16H,9-10,14H2,1-4H3,(H,25,27)/b19-12+. The maximum Gasteiger partial charge on any atom is 0.261 e. The highest BCUT2D eigenvalue weighted by atomic mass is 35.5. The van der Waals surface area contributed by atoms with Crippen molar-refractivity contribution in [1.82, 2.24) is 9.88 Å². The molecule has 0 radical (unpaired) electrons. The first-order chi connectivity index (χ1) is 13.9. The third-order valence-corrected chi connectivity index (χ3v) is 5.77. The number of hydrogen-bond acceptors (Lipinski definition) is 4. The van der Waals surface area contributed by atoms with E-state index >= 15 is 0 Å². The molecule has 0 aliphatic rings. The normalized spacial score (nSPS) is 12.5. The molecule has 1 amide bonds. The molecule has 2 aromatic rings. The minimum Gasteiger partial charge on any atom is -0.383 e. The summed E-state index contributed by atoms with van der Waals surface area (Å²) in [6, 6.07) is 11.7. The van der Waals surface area contributed by atoms with Crippen molar-refractivity contribution in [2.45, 2.75) is 31.7 Å². The number of nitrogens with one attached hydrogen (secondary N) is 1. The fourth-order valence-corrected chi connectivity index (χ4v) is 4.10. The van der Waals surface area contributed by atoms with Crippen LogP contribution in [-0.4, -0.2) is 36.5 Å². The van der Waals surface area contributed by atoms with Gasteiger partial charge in [-0.2, -0.15) is 5.26 Å². The molecule has 154 valence electrons. The number of aryl methyl sites for hydroxylation is 1. The Kier molecular flexibility index (Phi) is 8.84. The van der Waals surface area contributed by atoms with Gasteiger partial charge < -0.3 is 14.6 Å². The van der Waals surface area contributed by atoms with Gasteiger partial charge in [0.25, 0.3) is 5.91 Å². The summed E-state index contributed by atoms with van der Waals surface area (Å²) in [4.78, 5) is 13.5. The van der Waals surface area contributed by atoms with E-state index in [1.165, 1.54) is 0 Å². The summed E-state index contributed by atoms with van der Waals surface area (Å²) in [6.07, 6.45) is 1.65. The number of carbonyl (C=O) groups excluding carboxylic acids is 1. The van der Waals surface area contributed by atoms with Crippen LogP contribution in [0, 0.1) is 25.2 Å². The van der Waals surface area contributed by atoms with Gasteiger partial charge in [-0.05, 0) is 62.7 Å². The van der Waals surface area contributed by atoms with Gasteiger partial charge in [-0.3, -0.25) is 4.79 Å². The molecule has 1 unspecified atom stereocenters. The largest absolute Gasteiger partial charge is 0.383 e. The van der Waals surface area contributed by atoms with Crippen molar-refractivity contribution in [2.75, 3.05) is 26.0 Å². The molecule has 1 atom stereocenters. The number of thioether (sulfide) groups is 1. The Balaban J connectivity index is 2.00. The van der Waals surface area contributed by atoms with Crippen LogP contribution in [0.2, 0.25) is 5.02 Å². The monoisotopic (exact) mass is 431 g/mol. The Bertz CT molecular complexity index is 913. The molecule has 0 aliphatic carbocycles. The molecule has 1 N–H and O–H groups in total. The highest BCUT2D eigenvalue weighted by Crippen LogP contribution is 2.23. The number of halogens is 1. The summed E-state index contributed by atoms with van der Waals surface area (Å²) in [5.41, 5.74) is 3.04. The molecule has 29 heavy (non-hydrogen) atoms. The summed E-state index contributed by atoms with van der Waals surface area (Å²) in [5.74, 6) is 0.341. The molecule has 1 heterocycles. The number of methoxy groups -OCH3 is 1. The number of carbonyl (C=O) groups is 1. The lowest BCUT2D eigenvalue weighted by molar-refractivity contribution is -0.116. The van der Waals surface area contributed by atoms with E-state index < -0.39 is 0 Å². The van der Waals surface area contributed by atoms with Gasteiger partial charge in [0.2, 0.25) is 0 Å². The van der Waals surface area contributed by atoms with Crippen LogP contribution in [0.15, 0.2) is 40.8 Å². The van der Waals surface area contributed by atoms with E-state index in [2.05, 4.69) is 16.8 Å². The lowest BCUT2D eigenvalue weighted by atomic mass is 10.1. The minimum absolute atomic E-state index is 0.0983. The van der Waals surface area contributed by atoms with E-state index in [-0.39, 0.29) is 17.5 Å². The quantitative estimate of drug-likeness (QED) is 0.268. The predicted octanol–water partition coefficient (Wildman–Crippen LogP) is 4.78. The number of aromatic nitrogens is 1. The Morgan fingerprint density at radius 1 is 1.38 bits per heavy atom. The van der Waals surface area contributed by atoms with Crippen molar-refractivity contribution in [3.8, 4) is 6.07 Å². The van der Waals surface area contributed by atoms with E-state index in [1.807, 2.05) is 50.2 Å². The Labute approximate surface area is 181 Å². The second-order valence-corrected chi connectivity index (χ2v) is 8.33. The first-order valence-electron chi connectivity index (χ1n) is 9.33. The highest BCUT2D eigenvalue weighted by molar-refractivity contribution is 7.99. The number of benzene rings is 1. The van der Waals surface area contributed by atoms with Crippen LogP contribution in [0.25, 0.3) is 6.08 Å². The summed E-state index contributed by atoms with van der Waals surface area (Å²) in [6.45, 7) is 7.13. The fraction of sp³-hybridized carbons (Fsp3) is 0.364. The van der Waals surface area contributed by atoms with E-state index in [1.54, 1.807) is 24.9 Å². The molecule has 0 saturated carbocycles. The highest BCUT2D eigenvalue weighted by Gasteiger charge is 2.15. The second-order valence-electron chi connectivity index (χ2n) is 6.73. The van der Waals surface area contributed by atoms with Crippen molar-refractivity contribution >= 4 is 35.3 Å². The fourth-order valence-electron chi connectivity index (χ4n) is 3.21. The zero-order valence-electron chi connectivity index (χ0n) is 17.2. The number of nitriles is 1. The average Bonchev–Trinajstić information content (AvgIpc) is 2.97. The van der Waals surface area contributed by atoms with E-state index in [9.17, 15) is 10.1 Å². The van der Waals surface area contributed by atoms with Crippen molar-refractivity contribution in [1.29, 1.82) is 5.26 Å². The number of nitrogens with zero attached hydrogens (tertiary/aromatic N) is 2. The molecule has 7 heteroatoms. The smallest absolute Gasteiger partial charge is 0.261 e. The molecular formula is C22H26ClN3O2S. The van der Waals surface area contributed by atoms with Gasteiger partial charge >= 0.3 is 0 Å². The Morgan fingerprint density at radius 3 is 2.69 bits per heavy atom. The van der Waals surface area contributed by atoms with Crippen LogP contribution in [0.1, 0.15) is 29.9 Å². The van der Waals surface area contributed by atoms with Crippen LogP contribution in [0.3, 0.4) is 0 Å². The molecule has 0 bridgehead atoms. The summed E-state index contributed by atoms with van der Waals surface area (Å²) in [5, 5.41) is 13.0. The third kappa shape index (κ3) is 6.40. The first kappa shape index (κ1) is 23.1. The number of amides is 1. The SMILES string of the molecule is COCC(C)n1c(C)cc(/C=C(\C#N)C(=O)NCCSc2ccc(Cl)cc2)c1C. The summed E-state index contributed by atoms with van der Waals surface area (Å²) in [7, 11) is 1.68. The second kappa shape index (κ2) is 11.1. The van der Waals surface area contributed by atoms with Gasteiger partial charge in [0.1, 0.15) is 11.6 Å². The Morgan fingerprint density at radius 2 is 2.07 bits per heavy atom. The molecular weight excluding hydrogens is 406 g/mol. The van der Waals surface area contributed by atoms with Gasteiger partial charge in [0, 0.05) is 40.7 Å². The maximum atomic E-state index is 12.4. The lowest BCUT2D eigenvalue weighted by Crippen LogP contribution is -2.26. The Hall–Kier alpha value is -2.20. The van der Waals surface area contributed by atoms with Crippen LogP contribution in [0.5, 0.6) is 0 Å². The van der Waals surface area contributed by atoms with Crippen LogP contribution >= 0.6 is 23.4 Å². The van der Waals surface area contributed by atoms with E-state index in [0.29, 0.717) is 23.9 Å².